The van der Waals surface area contributed by atoms with Crippen LogP contribution in [0, 0.1) is 0 Å². The number of benzene rings is 1. The predicted molar refractivity (Wildman–Crippen MR) is 75.0 cm³/mol. The molecule has 1 aromatic rings. The Morgan fingerprint density at radius 3 is 2.17 bits per heavy atom. The number of hydrogen-bond acceptors (Lipinski definition) is 1. The molecule has 0 amide bonds. The maximum absolute atomic E-state index is 10.1. The Morgan fingerprint density at radius 1 is 1.00 bits per heavy atom. The van der Waals surface area contributed by atoms with E-state index in [4.69, 9.17) is 0 Å². The fourth-order valence-corrected chi connectivity index (χ4v) is 3.65. The average Bonchev–Trinajstić information content (AvgIpc) is 2.66. The molecule has 2 aliphatic carbocycles. The molecule has 0 aliphatic heterocycles. The summed E-state index contributed by atoms with van der Waals surface area (Å²) in [5.41, 5.74) is 6.10. The van der Waals surface area contributed by atoms with Crippen LogP contribution in [0.25, 0.3) is 0 Å². The Labute approximate surface area is 110 Å². The van der Waals surface area contributed by atoms with Crippen molar-refractivity contribution < 1.29 is 5.11 Å². The molecule has 0 heterocycles. The van der Waals surface area contributed by atoms with Gasteiger partial charge in [0.15, 0.2) is 0 Å². The van der Waals surface area contributed by atoms with Crippen molar-refractivity contribution >= 4 is 0 Å². The highest BCUT2D eigenvalue weighted by Crippen LogP contribution is 2.48. The molecule has 0 unspecified atom stereocenters. The van der Waals surface area contributed by atoms with E-state index < -0.39 is 0 Å². The van der Waals surface area contributed by atoms with Crippen molar-refractivity contribution in [3.63, 3.8) is 0 Å². The van der Waals surface area contributed by atoms with Crippen molar-refractivity contribution in [3.05, 3.63) is 34.4 Å². The minimum atomic E-state index is -0.230. The molecular formula is C17H24O. The van der Waals surface area contributed by atoms with Crippen LogP contribution >= 0.6 is 0 Å². The van der Waals surface area contributed by atoms with E-state index in [-0.39, 0.29) is 16.9 Å². The Morgan fingerprint density at radius 2 is 1.56 bits per heavy atom. The molecule has 0 aromatic heterocycles. The van der Waals surface area contributed by atoms with Gasteiger partial charge in [-0.25, -0.2) is 0 Å². The van der Waals surface area contributed by atoms with Crippen LogP contribution < -0.4 is 0 Å². The first-order valence-corrected chi connectivity index (χ1v) is 7.17. The monoisotopic (exact) mass is 244 g/mol. The molecule has 3 rings (SSSR count). The van der Waals surface area contributed by atoms with Crippen molar-refractivity contribution in [2.24, 2.45) is 0 Å². The van der Waals surface area contributed by atoms with E-state index in [0.29, 0.717) is 0 Å². The quantitative estimate of drug-likeness (QED) is 0.731. The summed E-state index contributed by atoms with van der Waals surface area (Å²) in [6.07, 6.45) is 4.21. The lowest BCUT2D eigenvalue weighted by molar-refractivity contribution is 0.179. The zero-order valence-corrected chi connectivity index (χ0v) is 12.0. The number of aliphatic hydroxyl groups excluding tert-OH is 1. The molecule has 1 heteroatoms. The molecule has 0 saturated heterocycles. The predicted octanol–water partition coefficient (Wildman–Crippen LogP) is 4.02. The molecule has 2 aliphatic rings. The summed E-state index contributed by atoms with van der Waals surface area (Å²) in [6, 6.07) is 4.70. The summed E-state index contributed by atoms with van der Waals surface area (Å²) >= 11 is 0. The first kappa shape index (κ1) is 12.2. The molecule has 0 bridgehead atoms. The largest absolute Gasteiger partial charge is 0.388 e. The smallest absolute Gasteiger partial charge is 0.0796 e. The molecule has 0 fully saturated rings. The van der Waals surface area contributed by atoms with Gasteiger partial charge in [-0.05, 0) is 58.8 Å². The SMILES string of the molecule is CC1(C)CCC(C)(C)c2cc3c(cc21)CC[C@H]3O. The molecule has 98 valence electrons. The number of aryl methyl sites for hydroxylation is 1. The van der Waals surface area contributed by atoms with Crippen molar-refractivity contribution in [1.82, 2.24) is 0 Å². The van der Waals surface area contributed by atoms with E-state index in [1.165, 1.54) is 35.1 Å². The van der Waals surface area contributed by atoms with E-state index in [1.807, 2.05) is 0 Å². The Kier molecular flexibility index (Phi) is 2.45. The zero-order valence-electron chi connectivity index (χ0n) is 12.0. The summed E-state index contributed by atoms with van der Waals surface area (Å²) in [5, 5.41) is 10.1. The van der Waals surface area contributed by atoms with Gasteiger partial charge >= 0.3 is 0 Å². The molecule has 1 aromatic carbocycles. The second-order valence-electron chi connectivity index (χ2n) is 7.42. The molecule has 1 N–H and O–H groups in total. The summed E-state index contributed by atoms with van der Waals surface area (Å²) < 4.78 is 0. The van der Waals surface area contributed by atoms with Gasteiger partial charge in [0.2, 0.25) is 0 Å². The third-order valence-electron chi connectivity index (χ3n) is 5.16. The number of hydrogen-bond donors (Lipinski definition) is 1. The maximum atomic E-state index is 10.1. The van der Waals surface area contributed by atoms with Crippen LogP contribution in [0.1, 0.15) is 75.3 Å². The second-order valence-corrected chi connectivity index (χ2v) is 7.42. The van der Waals surface area contributed by atoms with Crippen molar-refractivity contribution in [2.45, 2.75) is 70.3 Å². The van der Waals surface area contributed by atoms with Gasteiger partial charge in [0.1, 0.15) is 0 Å². The lowest BCUT2D eigenvalue weighted by atomic mass is 9.62. The molecule has 18 heavy (non-hydrogen) atoms. The highest BCUT2D eigenvalue weighted by molar-refractivity contribution is 5.49. The second kappa shape index (κ2) is 3.60. The number of fused-ring (bicyclic) bond motifs is 2. The van der Waals surface area contributed by atoms with Gasteiger partial charge in [0.25, 0.3) is 0 Å². The van der Waals surface area contributed by atoms with Gasteiger partial charge in [-0.2, -0.15) is 0 Å². The lowest BCUT2D eigenvalue weighted by Gasteiger charge is -2.42. The molecule has 0 radical (unpaired) electrons. The fourth-order valence-electron chi connectivity index (χ4n) is 3.65. The normalized spacial score (nSPS) is 27.7. The van der Waals surface area contributed by atoms with Crippen LogP contribution in [-0.4, -0.2) is 5.11 Å². The van der Waals surface area contributed by atoms with E-state index in [0.717, 1.165) is 12.8 Å². The van der Waals surface area contributed by atoms with Crippen LogP contribution in [0.5, 0.6) is 0 Å². The topological polar surface area (TPSA) is 20.2 Å². The van der Waals surface area contributed by atoms with Gasteiger partial charge in [-0.15, -0.1) is 0 Å². The van der Waals surface area contributed by atoms with Crippen molar-refractivity contribution in [2.75, 3.05) is 0 Å². The Bertz CT molecular complexity index is 497. The summed E-state index contributed by atoms with van der Waals surface area (Å²) in [7, 11) is 0. The van der Waals surface area contributed by atoms with Crippen LogP contribution in [0.3, 0.4) is 0 Å². The zero-order chi connectivity index (χ0) is 13.1. The molecule has 1 nitrogen and oxygen atoms in total. The van der Waals surface area contributed by atoms with Gasteiger partial charge in [-0.1, -0.05) is 39.8 Å². The summed E-state index contributed by atoms with van der Waals surface area (Å²) in [6.45, 7) is 9.40. The fraction of sp³-hybridized carbons (Fsp3) is 0.647. The van der Waals surface area contributed by atoms with Crippen LogP contribution in [0.15, 0.2) is 12.1 Å². The minimum absolute atomic E-state index is 0.230. The van der Waals surface area contributed by atoms with Crippen molar-refractivity contribution in [3.8, 4) is 0 Å². The number of aliphatic hydroxyl groups is 1. The van der Waals surface area contributed by atoms with E-state index in [2.05, 4.69) is 39.8 Å². The maximum Gasteiger partial charge on any atom is 0.0796 e. The van der Waals surface area contributed by atoms with Crippen molar-refractivity contribution in [1.29, 1.82) is 0 Å². The lowest BCUT2D eigenvalue weighted by Crippen LogP contribution is -2.34. The van der Waals surface area contributed by atoms with E-state index >= 15 is 0 Å². The first-order valence-electron chi connectivity index (χ1n) is 7.17. The molecular weight excluding hydrogens is 220 g/mol. The summed E-state index contributed by atoms with van der Waals surface area (Å²) in [5.74, 6) is 0. The van der Waals surface area contributed by atoms with E-state index in [9.17, 15) is 5.11 Å². The van der Waals surface area contributed by atoms with Crippen LogP contribution in [0.4, 0.5) is 0 Å². The van der Waals surface area contributed by atoms with E-state index in [1.54, 1.807) is 0 Å². The Hall–Kier alpha value is -0.820. The minimum Gasteiger partial charge on any atom is -0.388 e. The highest BCUT2D eigenvalue weighted by Gasteiger charge is 2.38. The standard InChI is InChI=1S/C17H24O/c1-16(2)7-8-17(3,4)14-10-12-11(9-13(14)16)5-6-15(12)18/h9-10,15,18H,5-8H2,1-4H3/t15-/m1/s1. The van der Waals surface area contributed by atoms with Gasteiger partial charge in [0, 0.05) is 0 Å². The molecule has 0 saturated carbocycles. The summed E-state index contributed by atoms with van der Waals surface area (Å²) in [4.78, 5) is 0. The highest BCUT2D eigenvalue weighted by atomic mass is 16.3. The molecule has 1 atom stereocenters. The molecule has 0 spiro atoms. The average molecular weight is 244 g/mol. The third kappa shape index (κ3) is 1.64. The first-order chi connectivity index (χ1) is 8.31. The number of rotatable bonds is 0. The van der Waals surface area contributed by atoms with Crippen LogP contribution in [0.2, 0.25) is 0 Å². The van der Waals surface area contributed by atoms with Gasteiger partial charge in [-0.3, -0.25) is 0 Å². The van der Waals surface area contributed by atoms with Crippen LogP contribution in [-0.2, 0) is 17.3 Å². The van der Waals surface area contributed by atoms with Gasteiger partial charge in [0.05, 0.1) is 6.10 Å². The Balaban J connectivity index is 2.24. The third-order valence-corrected chi connectivity index (χ3v) is 5.16. The van der Waals surface area contributed by atoms with Gasteiger partial charge < -0.3 is 5.11 Å².